The number of hydrazone groups is 1. The number of halogens is 1. The highest BCUT2D eigenvalue weighted by atomic mass is 19.1. The van der Waals surface area contributed by atoms with Gasteiger partial charge < -0.3 is 19.8 Å². The average Bonchev–Trinajstić information content (AvgIpc) is 3.26. The zero-order chi connectivity index (χ0) is 21.6. The van der Waals surface area contributed by atoms with E-state index in [9.17, 15) is 9.18 Å². The van der Waals surface area contributed by atoms with E-state index in [-0.39, 0.29) is 11.4 Å². The first-order valence-electron chi connectivity index (χ1n) is 9.26. The van der Waals surface area contributed by atoms with Crippen LogP contribution in [0.25, 0.3) is 11.0 Å². The van der Waals surface area contributed by atoms with Crippen molar-refractivity contribution in [3.8, 4) is 17.2 Å². The molecule has 0 bridgehead atoms. The van der Waals surface area contributed by atoms with Gasteiger partial charge in [-0.2, -0.15) is 5.10 Å². The lowest BCUT2D eigenvalue weighted by molar-refractivity contribution is 0.252. The molecule has 0 spiro atoms. The van der Waals surface area contributed by atoms with E-state index in [1.165, 1.54) is 18.3 Å². The van der Waals surface area contributed by atoms with E-state index < -0.39 is 11.8 Å². The van der Waals surface area contributed by atoms with Crippen LogP contribution in [0.5, 0.6) is 17.2 Å². The van der Waals surface area contributed by atoms with Crippen LogP contribution in [0.2, 0.25) is 0 Å². The summed E-state index contributed by atoms with van der Waals surface area (Å²) in [6.45, 7) is 0. The zero-order valence-electron chi connectivity index (χ0n) is 16.4. The predicted molar refractivity (Wildman–Crippen MR) is 115 cm³/mol. The molecule has 2 heterocycles. The van der Waals surface area contributed by atoms with Crippen molar-refractivity contribution < 1.29 is 18.7 Å². The fourth-order valence-corrected chi connectivity index (χ4v) is 2.82. The van der Waals surface area contributed by atoms with E-state index in [1.807, 2.05) is 0 Å². The third-order valence-electron chi connectivity index (χ3n) is 4.33. The number of nitrogens with one attached hydrogen (secondary N) is 3. The molecule has 3 N–H and O–H groups in total. The third-order valence-corrected chi connectivity index (χ3v) is 4.33. The van der Waals surface area contributed by atoms with E-state index in [1.54, 1.807) is 55.9 Å². The molecule has 156 valence electrons. The number of pyridine rings is 1. The van der Waals surface area contributed by atoms with E-state index in [0.717, 1.165) is 22.8 Å². The number of carbonyl (C=O) groups excluding carboxylic acids is 1. The van der Waals surface area contributed by atoms with Crippen molar-refractivity contribution in [2.75, 3.05) is 12.4 Å². The smallest absolute Gasteiger partial charge is 0.339 e. The molecule has 0 radical (unpaired) electrons. The number of amides is 2. The Morgan fingerprint density at radius 3 is 2.74 bits per heavy atom. The summed E-state index contributed by atoms with van der Waals surface area (Å²) in [5.74, 6) is 0.590. The van der Waals surface area contributed by atoms with Crippen LogP contribution in [0.15, 0.2) is 72.1 Å². The molecule has 9 heteroatoms. The Balaban J connectivity index is 1.36. The van der Waals surface area contributed by atoms with Gasteiger partial charge in [-0.25, -0.2) is 19.6 Å². The predicted octanol–water partition coefficient (Wildman–Crippen LogP) is 4.66. The number of fused-ring (bicyclic) bond motifs is 1. The Morgan fingerprint density at radius 1 is 1.13 bits per heavy atom. The van der Waals surface area contributed by atoms with Crippen LogP contribution in [-0.4, -0.2) is 29.3 Å². The Hall–Kier alpha value is -4.40. The number of carbonyl (C=O) groups is 1. The topological polar surface area (TPSA) is 101 Å². The minimum atomic E-state index is -0.625. The molecule has 0 saturated heterocycles. The highest BCUT2D eigenvalue weighted by molar-refractivity contribution is 5.90. The van der Waals surface area contributed by atoms with Gasteiger partial charge in [0.15, 0.2) is 11.6 Å². The molecule has 2 amide bonds. The van der Waals surface area contributed by atoms with E-state index in [2.05, 4.69) is 25.8 Å². The molecular formula is C22H18FN5O3. The SMILES string of the molecule is COc1ccc(/C=N/NC(=O)Nc2ccc(Oc3ccnc4[nH]ccc34)c(F)c2)cc1. The molecule has 0 aliphatic heterocycles. The molecule has 0 fully saturated rings. The van der Waals surface area contributed by atoms with Gasteiger partial charge in [0.2, 0.25) is 0 Å². The highest BCUT2D eigenvalue weighted by Gasteiger charge is 2.11. The fourth-order valence-electron chi connectivity index (χ4n) is 2.82. The molecule has 0 aliphatic carbocycles. The molecule has 31 heavy (non-hydrogen) atoms. The number of hydrogen-bond acceptors (Lipinski definition) is 5. The Morgan fingerprint density at radius 2 is 1.97 bits per heavy atom. The normalized spacial score (nSPS) is 10.9. The Kier molecular flexibility index (Phi) is 5.75. The summed E-state index contributed by atoms with van der Waals surface area (Å²) in [5, 5.41) is 7.10. The molecule has 0 atom stereocenters. The van der Waals surface area contributed by atoms with Crippen molar-refractivity contribution in [1.29, 1.82) is 0 Å². The van der Waals surface area contributed by atoms with Crippen molar-refractivity contribution in [1.82, 2.24) is 15.4 Å². The summed E-state index contributed by atoms with van der Waals surface area (Å²) in [5.41, 5.74) is 4.00. The van der Waals surface area contributed by atoms with Crippen LogP contribution in [0.1, 0.15) is 5.56 Å². The number of methoxy groups -OCH3 is 1. The molecule has 8 nitrogen and oxygen atoms in total. The number of ether oxygens (including phenoxy) is 2. The third kappa shape index (κ3) is 4.78. The summed E-state index contributed by atoms with van der Waals surface area (Å²) in [6, 6.07) is 14.1. The number of nitrogens with zero attached hydrogens (tertiary/aromatic N) is 2. The summed E-state index contributed by atoms with van der Waals surface area (Å²) < 4.78 is 25.2. The fraction of sp³-hybridized carbons (Fsp3) is 0.0455. The van der Waals surface area contributed by atoms with Gasteiger partial charge in [-0.1, -0.05) is 0 Å². The minimum Gasteiger partial charge on any atom is -0.497 e. The molecule has 0 saturated carbocycles. The number of rotatable bonds is 6. The number of urea groups is 1. The van der Waals surface area contributed by atoms with Gasteiger partial charge in [-0.15, -0.1) is 0 Å². The maximum atomic E-state index is 14.5. The summed E-state index contributed by atoms with van der Waals surface area (Å²) >= 11 is 0. The van der Waals surface area contributed by atoms with Crippen molar-refractivity contribution in [2.45, 2.75) is 0 Å². The first-order chi connectivity index (χ1) is 15.1. The second-order valence-corrected chi connectivity index (χ2v) is 6.39. The maximum Gasteiger partial charge on any atom is 0.339 e. The summed E-state index contributed by atoms with van der Waals surface area (Å²) in [6.07, 6.45) is 4.77. The lowest BCUT2D eigenvalue weighted by Gasteiger charge is -2.10. The van der Waals surface area contributed by atoms with Crippen LogP contribution >= 0.6 is 0 Å². The zero-order valence-corrected chi connectivity index (χ0v) is 16.4. The summed E-state index contributed by atoms with van der Waals surface area (Å²) in [4.78, 5) is 19.1. The standard InChI is InChI=1S/C22H18FN5O3/c1-30-16-5-2-14(3-6-16)13-26-28-22(29)27-15-4-7-20(18(23)12-15)31-19-9-11-25-21-17(19)8-10-24-21/h2-13H,1H3,(H,24,25)(H2,27,28,29)/b26-13+. The van der Waals surface area contributed by atoms with Crippen LogP contribution in [0.3, 0.4) is 0 Å². The largest absolute Gasteiger partial charge is 0.497 e. The summed E-state index contributed by atoms with van der Waals surface area (Å²) in [7, 11) is 1.58. The van der Waals surface area contributed by atoms with Crippen LogP contribution < -0.4 is 20.2 Å². The second-order valence-electron chi connectivity index (χ2n) is 6.39. The first-order valence-corrected chi connectivity index (χ1v) is 9.26. The van der Waals surface area contributed by atoms with Crippen molar-refractivity contribution in [2.24, 2.45) is 5.10 Å². The molecule has 4 aromatic rings. The van der Waals surface area contributed by atoms with Gasteiger partial charge in [0.1, 0.15) is 17.1 Å². The number of aromatic nitrogens is 2. The van der Waals surface area contributed by atoms with Gasteiger partial charge in [0.05, 0.1) is 18.7 Å². The molecule has 0 aliphatic rings. The van der Waals surface area contributed by atoms with E-state index >= 15 is 0 Å². The van der Waals surface area contributed by atoms with E-state index in [4.69, 9.17) is 9.47 Å². The Labute approximate surface area is 176 Å². The van der Waals surface area contributed by atoms with Crippen LogP contribution in [0, 0.1) is 5.82 Å². The molecule has 0 unspecified atom stereocenters. The van der Waals surface area contributed by atoms with Gasteiger partial charge in [-0.3, -0.25) is 0 Å². The number of aromatic amines is 1. The maximum absolute atomic E-state index is 14.5. The lowest BCUT2D eigenvalue weighted by atomic mass is 10.2. The number of H-pyrrole nitrogens is 1. The first kappa shape index (κ1) is 19.9. The van der Waals surface area contributed by atoms with Crippen molar-refractivity contribution in [3.05, 3.63) is 78.4 Å². The van der Waals surface area contributed by atoms with Gasteiger partial charge in [0, 0.05) is 24.1 Å². The van der Waals surface area contributed by atoms with Crippen LogP contribution in [-0.2, 0) is 0 Å². The van der Waals surface area contributed by atoms with Crippen molar-refractivity contribution >= 4 is 29.0 Å². The monoisotopic (exact) mass is 419 g/mol. The Bertz CT molecular complexity index is 1240. The second kappa shape index (κ2) is 8.95. The minimum absolute atomic E-state index is 0.0252. The molecule has 2 aromatic carbocycles. The van der Waals surface area contributed by atoms with Crippen LogP contribution in [0.4, 0.5) is 14.9 Å². The molecule has 2 aromatic heterocycles. The van der Waals surface area contributed by atoms with E-state index in [0.29, 0.717) is 11.4 Å². The quantitative estimate of drug-likeness (QED) is 0.313. The molecular weight excluding hydrogens is 401 g/mol. The number of hydrogen-bond donors (Lipinski definition) is 3. The number of anilines is 1. The van der Waals surface area contributed by atoms with Gasteiger partial charge in [0.25, 0.3) is 0 Å². The average molecular weight is 419 g/mol. The highest BCUT2D eigenvalue weighted by Crippen LogP contribution is 2.31. The van der Waals surface area contributed by atoms with Crippen molar-refractivity contribution in [3.63, 3.8) is 0 Å². The van der Waals surface area contributed by atoms with Gasteiger partial charge in [-0.05, 0) is 54.1 Å². The number of benzene rings is 2. The lowest BCUT2D eigenvalue weighted by Crippen LogP contribution is -2.24. The molecule has 4 rings (SSSR count). The van der Waals surface area contributed by atoms with Gasteiger partial charge >= 0.3 is 6.03 Å².